The lowest BCUT2D eigenvalue weighted by atomic mass is 9.97. The minimum atomic E-state index is -6.41. The van der Waals surface area contributed by atoms with Crippen molar-refractivity contribution in [1.82, 2.24) is 4.98 Å². The van der Waals surface area contributed by atoms with Gasteiger partial charge in [0.15, 0.2) is 5.69 Å². The van der Waals surface area contributed by atoms with Gasteiger partial charge in [-0.2, -0.15) is 35.1 Å². The van der Waals surface area contributed by atoms with E-state index in [4.69, 9.17) is 18.9 Å². The highest BCUT2D eigenvalue weighted by Gasteiger charge is 2.63. The molecule has 1 N–H and O–H groups in total. The van der Waals surface area contributed by atoms with Crippen LogP contribution in [-0.4, -0.2) is 39.6 Å². The number of anilines is 2. The molecule has 36 heavy (non-hydrogen) atoms. The number of aromatic nitrogens is 1. The number of halogens is 8. The van der Waals surface area contributed by atoms with E-state index in [1.165, 1.54) is 19.2 Å². The van der Waals surface area contributed by atoms with Crippen LogP contribution in [0.25, 0.3) is 10.9 Å². The number of nitrogens with one attached hydrogen (secondary N) is 1. The van der Waals surface area contributed by atoms with Gasteiger partial charge in [0.2, 0.25) is 0 Å². The highest BCUT2D eigenvalue weighted by molar-refractivity contribution is 6.03. The number of ether oxygens (including phenoxy) is 4. The number of hydrogen-bond acceptors (Lipinski definition) is 6. The summed E-state index contributed by atoms with van der Waals surface area (Å²) < 4.78 is 132. The van der Waals surface area contributed by atoms with Crippen LogP contribution in [0.1, 0.15) is 11.3 Å². The van der Waals surface area contributed by atoms with E-state index >= 15 is 0 Å². The first-order valence-corrected chi connectivity index (χ1v) is 9.81. The molecule has 0 aliphatic heterocycles. The van der Waals surface area contributed by atoms with E-state index in [0.717, 1.165) is 39.5 Å². The average Bonchev–Trinajstić information content (AvgIpc) is 2.81. The third-order valence-corrected chi connectivity index (χ3v) is 5.11. The third kappa shape index (κ3) is 4.58. The predicted octanol–water partition coefficient (Wildman–Crippen LogP) is 6.69. The fraction of sp³-hybridized carbons (Fsp3) is 0.318. The normalized spacial score (nSPS) is 12.4. The van der Waals surface area contributed by atoms with Gasteiger partial charge in [-0.3, -0.25) is 0 Å². The van der Waals surface area contributed by atoms with Crippen LogP contribution in [0.3, 0.4) is 0 Å². The lowest BCUT2D eigenvalue weighted by Gasteiger charge is -2.28. The van der Waals surface area contributed by atoms with Crippen LogP contribution >= 0.6 is 0 Å². The maximum absolute atomic E-state index is 14.9. The second-order valence-electron chi connectivity index (χ2n) is 7.17. The molecule has 0 fully saturated rings. The number of rotatable bonds is 7. The zero-order valence-electron chi connectivity index (χ0n) is 19.0. The molecule has 0 radical (unpaired) electrons. The first-order valence-electron chi connectivity index (χ1n) is 9.81. The topological polar surface area (TPSA) is 61.8 Å². The Hall–Kier alpha value is -3.71. The van der Waals surface area contributed by atoms with Crippen molar-refractivity contribution >= 4 is 22.3 Å². The summed E-state index contributed by atoms with van der Waals surface area (Å²) in [7, 11) is 4.52. The van der Waals surface area contributed by atoms with Crippen LogP contribution in [0.15, 0.2) is 30.3 Å². The van der Waals surface area contributed by atoms with E-state index in [2.05, 4.69) is 10.3 Å². The average molecular weight is 526 g/mol. The molecule has 0 unspecified atom stereocenters. The van der Waals surface area contributed by atoms with Gasteiger partial charge in [0.05, 0.1) is 50.8 Å². The van der Waals surface area contributed by atoms with Crippen molar-refractivity contribution in [3.05, 3.63) is 41.6 Å². The summed E-state index contributed by atoms with van der Waals surface area (Å²) in [6, 6.07) is 6.05. The predicted molar refractivity (Wildman–Crippen MR) is 113 cm³/mol. The van der Waals surface area contributed by atoms with Crippen molar-refractivity contribution in [2.24, 2.45) is 0 Å². The minimum absolute atomic E-state index is 0.0985. The van der Waals surface area contributed by atoms with E-state index in [0.29, 0.717) is 0 Å². The number of alkyl halides is 8. The molecule has 0 spiro atoms. The molecule has 0 saturated heterocycles. The molecule has 1 heterocycles. The Morgan fingerprint density at radius 1 is 0.722 bits per heavy atom. The van der Waals surface area contributed by atoms with Gasteiger partial charge >= 0.3 is 18.3 Å². The highest BCUT2D eigenvalue weighted by atomic mass is 19.4. The lowest BCUT2D eigenvalue weighted by Crippen LogP contribution is -2.37. The van der Waals surface area contributed by atoms with Gasteiger partial charge in [0.1, 0.15) is 28.5 Å². The SMILES string of the molecule is COc1ccc(OC)c(Nc2c(C(F)(F)C(F)(F)F)c(C(F)(F)F)nc3c(OC)ccc(OC)c23)c1. The van der Waals surface area contributed by atoms with Gasteiger partial charge in [0.25, 0.3) is 0 Å². The standard InChI is InChI=1S/C22H18F8N2O4/c1-33-10-5-6-12(34-2)11(9-10)31-18-15-13(35-3)7-8-14(36-4)17(15)32-19(21(25,26)27)16(18)20(23,24)22(28,29)30/h5-9H,1-4H3,(H,31,32). The van der Waals surface area contributed by atoms with Crippen LogP contribution in [-0.2, 0) is 12.1 Å². The Bertz CT molecular complexity index is 1280. The van der Waals surface area contributed by atoms with E-state index in [9.17, 15) is 35.1 Å². The van der Waals surface area contributed by atoms with E-state index < -0.39 is 46.1 Å². The molecule has 1 aromatic heterocycles. The summed E-state index contributed by atoms with van der Waals surface area (Å²) in [6.07, 6.45) is -12.1. The number of fused-ring (bicyclic) bond motifs is 1. The van der Waals surface area contributed by atoms with Crippen LogP contribution < -0.4 is 24.3 Å². The van der Waals surface area contributed by atoms with Gasteiger partial charge in [-0.05, 0) is 24.3 Å². The Labute approximate surface area is 198 Å². The van der Waals surface area contributed by atoms with Gasteiger partial charge in [-0.15, -0.1) is 0 Å². The minimum Gasteiger partial charge on any atom is -0.497 e. The fourth-order valence-electron chi connectivity index (χ4n) is 3.48. The van der Waals surface area contributed by atoms with Crippen molar-refractivity contribution in [3.63, 3.8) is 0 Å². The van der Waals surface area contributed by atoms with Crippen LogP contribution in [0.4, 0.5) is 46.5 Å². The number of methoxy groups -OCH3 is 4. The van der Waals surface area contributed by atoms with Crippen molar-refractivity contribution in [2.45, 2.75) is 18.3 Å². The number of benzene rings is 2. The first-order chi connectivity index (χ1) is 16.7. The summed E-state index contributed by atoms with van der Waals surface area (Å²) >= 11 is 0. The van der Waals surface area contributed by atoms with Crippen molar-refractivity contribution < 1.29 is 54.1 Å². The van der Waals surface area contributed by atoms with E-state index in [1.807, 2.05) is 0 Å². The van der Waals surface area contributed by atoms with Crippen molar-refractivity contribution in [3.8, 4) is 23.0 Å². The molecule has 0 bridgehead atoms. The molecule has 196 valence electrons. The van der Waals surface area contributed by atoms with Crippen LogP contribution in [0.5, 0.6) is 23.0 Å². The summed E-state index contributed by atoms with van der Waals surface area (Å²) in [6.45, 7) is 0. The third-order valence-electron chi connectivity index (χ3n) is 5.11. The second-order valence-corrected chi connectivity index (χ2v) is 7.17. The summed E-state index contributed by atoms with van der Waals surface area (Å²) in [5.41, 5.74) is -7.13. The first kappa shape index (κ1) is 26.9. The van der Waals surface area contributed by atoms with Gasteiger partial charge in [-0.25, -0.2) is 4.98 Å². The highest BCUT2D eigenvalue weighted by Crippen LogP contribution is 2.54. The lowest BCUT2D eigenvalue weighted by molar-refractivity contribution is -0.290. The van der Waals surface area contributed by atoms with Crippen molar-refractivity contribution in [2.75, 3.05) is 33.8 Å². The zero-order chi connectivity index (χ0) is 27.1. The maximum atomic E-state index is 14.9. The molecule has 0 amide bonds. The Morgan fingerprint density at radius 3 is 1.78 bits per heavy atom. The molecule has 0 aliphatic carbocycles. The molecule has 2 aromatic carbocycles. The Kier molecular flexibility index (Phi) is 7.01. The van der Waals surface area contributed by atoms with E-state index in [1.54, 1.807) is 0 Å². The molecule has 14 heteroatoms. The fourth-order valence-corrected chi connectivity index (χ4v) is 3.48. The largest absolute Gasteiger partial charge is 0.497 e. The summed E-state index contributed by atoms with van der Waals surface area (Å²) in [5.74, 6) is -6.69. The van der Waals surface area contributed by atoms with Crippen LogP contribution in [0, 0.1) is 0 Å². The number of nitrogens with zero attached hydrogens (tertiary/aromatic N) is 1. The van der Waals surface area contributed by atoms with Gasteiger partial charge in [-0.1, -0.05) is 0 Å². The summed E-state index contributed by atoms with van der Waals surface area (Å²) in [4.78, 5) is 3.18. The monoisotopic (exact) mass is 526 g/mol. The Morgan fingerprint density at radius 2 is 1.28 bits per heavy atom. The van der Waals surface area contributed by atoms with Gasteiger partial charge < -0.3 is 24.3 Å². The maximum Gasteiger partial charge on any atom is 0.458 e. The smallest absolute Gasteiger partial charge is 0.458 e. The molecule has 6 nitrogen and oxygen atoms in total. The van der Waals surface area contributed by atoms with Gasteiger partial charge in [0, 0.05) is 6.07 Å². The quantitative estimate of drug-likeness (QED) is 0.347. The number of pyridine rings is 1. The zero-order valence-corrected chi connectivity index (χ0v) is 19.0. The molecule has 3 aromatic rings. The van der Waals surface area contributed by atoms with E-state index in [-0.39, 0.29) is 28.7 Å². The number of hydrogen-bond donors (Lipinski definition) is 1. The molecule has 0 aliphatic rings. The summed E-state index contributed by atoms with van der Waals surface area (Å²) in [5, 5.41) is 1.65. The van der Waals surface area contributed by atoms with Crippen LogP contribution in [0.2, 0.25) is 0 Å². The molecule has 3 rings (SSSR count). The molecular weight excluding hydrogens is 508 g/mol. The second kappa shape index (κ2) is 9.39. The Balaban J connectivity index is 2.61. The molecule has 0 saturated carbocycles. The molecular formula is C22H18F8N2O4. The van der Waals surface area contributed by atoms with Crippen molar-refractivity contribution in [1.29, 1.82) is 0 Å². The molecule has 0 atom stereocenters.